The molecule has 0 fully saturated rings. The second-order valence-electron chi connectivity index (χ2n) is 2.56. The number of hydrogen-bond donors (Lipinski definition) is 0. The van der Waals surface area contributed by atoms with Crippen LogP contribution < -0.4 is 0 Å². The Labute approximate surface area is 93.3 Å². The zero-order chi connectivity index (χ0) is 10.8. The predicted octanol–water partition coefficient (Wildman–Crippen LogP) is 4.02. The first kappa shape index (κ1) is 11.3. The molecule has 0 aliphatic carbocycles. The molecule has 0 nitrogen and oxygen atoms in total. The molecule has 1 aromatic carbocycles. The first-order valence-corrected chi connectivity index (χ1v) is 4.76. The SMILES string of the molecule is C=C=C(c1ccc(I)cc1)C(F)(F)F. The summed E-state index contributed by atoms with van der Waals surface area (Å²) >= 11 is 2.03. The summed E-state index contributed by atoms with van der Waals surface area (Å²) in [5, 5.41) is 0. The van der Waals surface area contributed by atoms with Crippen molar-refractivity contribution in [2.24, 2.45) is 0 Å². The summed E-state index contributed by atoms with van der Waals surface area (Å²) < 4.78 is 38.0. The molecule has 0 aliphatic heterocycles. The van der Waals surface area contributed by atoms with Gasteiger partial charge in [0.15, 0.2) is 0 Å². The van der Waals surface area contributed by atoms with Crippen molar-refractivity contribution in [1.29, 1.82) is 0 Å². The van der Waals surface area contributed by atoms with Crippen molar-refractivity contribution >= 4 is 28.2 Å². The summed E-state index contributed by atoms with van der Waals surface area (Å²) in [4.78, 5) is 0. The van der Waals surface area contributed by atoms with Crippen LogP contribution in [0.1, 0.15) is 5.56 Å². The highest BCUT2D eigenvalue weighted by molar-refractivity contribution is 14.1. The molecule has 0 atom stereocenters. The van der Waals surface area contributed by atoms with Gasteiger partial charge in [-0.3, -0.25) is 0 Å². The van der Waals surface area contributed by atoms with Crippen molar-refractivity contribution in [2.45, 2.75) is 6.18 Å². The molecule has 0 amide bonds. The van der Waals surface area contributed by atoms with Crippen LogP contribution >= 0.6 is 22.6 Å². The van der Waals surface area contributed by atoms with Gasteiger partial charge in [0.25, 0.3) is 0 Å². The molecule has 4 heteroatoms. The number of benzene rings is 1. The highest BCUT2D eigenvalue weighted by Crippen LogP contribution is 2.32. The van der Waals surface area contributed by atoms with Crippen molar-refractivity contribution < 1.29 is 13.2 Å². The molecule has 0 spiro atoms. The maximum atomic E-state index is 12.4. The van der Waals surface area contributed by atoms with Gasteiger partial charge in [-0.25, -0.2) is 0 Å². The van der Waals surface area contributed by atoms with Crippen LogP contribution in [0.15, 0.2) is 36.6 Å². The van der Waals surface area contributed by atoms with Crippen molar-refractivity contribution in [1.82, 2.24) is 0 Å². The molecule has 0 N–H and O–H groups in total. The van der Waals surface area contributed by atoms with Gasteiger partial charge in [0, 0.05) is 3.57 Å². The van der Waals surface area contributed by atoms with E-state index in [2.05, 4.69) is 6.58 Å². The molecular formula is C10H6F3I. The van der Waals surface area contributed by atoms with E-state index in [-0.39, 0.29) is 5.56 Å². The zero-order valence-electron chi connectivity index (χ0n) is 7.03. The molecule has 74 valence electrons. The lowest BCUT2D eigenvalue weighted by molar-refractivity contribution is -0.0687. The van der Waals surface area contributed by atoms with Gasteiger partial charge in [0.05, 0.1) is 0 Å². The van der Waals surface area contributed by atoms with Gasteiger partial charge in [-0.2, -0.15) is 13.2 Å². The first-order chi connectivity index (χ1) is 6.45. The topological polar surface area (TPSA) is 0 Å². The maximum Gasteiger partial charge on any atom is 0.424 e. The third-order valence-electron chi connectivity index (χ3n) is 1.59. The smallest absolute Gasteiger partial charge is 0.165 e. The Hall–Kier alpha value is -0.740. The standard InChI is InChI=1S/C10H6F3I/c1-2-9(10(11,12)13)7-3-5-8(14)6-4-7/h3-6H,1H2. The van der Waals surface area contributed by atoms with E-state index in [0.29, 0.717) is 0 Å². The molecule has 0 aromatic heterocycles. The van der Waals surface area contributed by atoms with E-state index in [9.17, 15) is 13.2 Å². The quantitative estimate of drug-likeness (QED) is 0.543. The normalized spacial score (nSPS) is 10.9. The van der Waals surface area contributed by atoms with E-state index < -0.39 is 11.7 Å². The number of allylic oxidation sites excluding steroid dienone is 1. The van der Waals surface area contributed by atoms with Crippen LogP contribution in [0.25, 0.3) is 5.57 Å². The van der Waals surface area contributed by atoms with Crippen LogP contribution in [0.3, 0.4) is 0 Å². The predicted molar refractivity (Wildman–Crippen MR) is 57.8 cm³/mol. The Kier molecular flexibility index (Phi) is 3.39. The molecule has 14 heavy (non-hydrogen) atoms. The fraction of sp³-hybridized carbons (Fsp3) is 0.100. The lowest BCUT2D eigenvalue weighted by atomic mass is 10.1. The van der Waals surface area contributed by atoms with Gasteiger partial charge >= 0.3 is 6.18 Å². The number of halogens is 4. The molecule has 0 bridgehead atoms. The Morgan fingerprint density at radius 3 is 2.07 bits per heavy atom. The molecule has 0 aliphatic rings. The summed E-state index contributed by atoms with van der Waals surface area (Å²) in [5.74, 6) is 0. The largest absolute Gasteiger partial charge is 0.424 e. The molecule has 0 saturated heterocycles. The summed E-state index contributed by atoms with van der Waals surface area (Å²) in [6.07, 6.45) is -4.39. The second kappa shape index (κ2) is 4.19. The third-order valence-corrected chi connectivity index (χ3v) is 2.31. The van der Waals surface area contributed by atoms with Crippen molar-refractivity contribution in [3.8, 4) is 0 Å². The molecular weight excluding hydrogens is 304 g/mol. The molecule has 0 radical (unpaired) electrons. The summed E-state index contributed by atoms with van der Waals surface area (Å²) in [5.41, 5.74) is 1.18. The second-order valence-corrected chi connectivity index (χ2v) is 3.80. The first-order valence-electron chi connectivity index (χ1n) is 3.68. The number of hydrogen-bond acceptors (Lipinski definition) is 0. The van der Waals surface area contributed by atoms with Gasteiger partial charge in [0.1, 0.15) is 5.57 Å². The Morgan fingerprint density at radius 2 is 1.71 bits per heavy atom. The molecule has 0 unspecified atom stereocenters. The van der Waals surface area contributed by atoms with E-state index >= 15 is 0 Å². The highest BCUT2D eigenvalue weighted by Gasteiger charge is 2.34. The van der Waals surface area contributed by atoms with E-state index in [1.54, 1.807) is 12.1 Å². The average Bonchev–Trinajstić information content (AvgIpc) is 2.07. The van der Waals surface area contributed by atoms with E-state index in [4.69, 9.17) is 0 Å². The lowest BCUT2D eigenvalue weighted by Gasteiger charge is -2.08. The Morgan fingerprint density at radius 1 is 1.21 bits per heavy atom. The van der Waals surface area contributed by atoms with Gasteiger partial charge in [0.2, 0.25) is 0 Å². The van der Waals surface area contributed by atoms with E-state index in [1.165, 1.54) is 12.1 Å². The minimum atomic E-state index is -4.39. The lowest BCUT2D eigenvalue weighted by Crippen LogP contribution is -2.09. The van der Waals surface area contributed by atoms with E-state index in [1.807, 2.05) is 28.3 Å². The van der Waals surface area contributed by atoms with Crippen LogP contribution in [-0.4, -0.2) is 6.18 Å². The zero-order valence-corrected chi connectivity index (χ0v) is 9.19. The van der Waals surface area contributed by atoms with Crippen molar-refractivity contribution in [3.63, 3.8) is 0 Å². The molecule has 1 aromatic rings. The van der Waals surface area contributed by atoms with Crippen LogP contribution in [0, 0.1) is 3.57 Å². The maximum absolute atomic E-state index is 12.4. The number of rotatable bonds is 1. The Bertz CT molecular complexity index is 369. The Balaban J connectivity index is 3.16. The highest BCUT2D eigenvalue weighted by atomic mass is 127. The minimum Gasteiger partial charge on any atom is -0.165 e. The summed E-state index contributed by atoms with van der Waals surface area (Å²) in [7, 11) is 0. The van der Waals surface area contributed by atoms with Crippen LogP contribution in [0.2, 0.25) is 0 Å². The van der Waals surface area contributed by atoms with Crippen molar-refractivity contribution in [3.05, 3.63) is 45.7 Å². The molecule has 0 saturated carbocycles. The molecule has 0 heterocycles. The van der Waals surface area contributed by atoms with Crippen LogP contribution in [-0.2, 0) is 0 Å². The van der Waals surface area contributed by atoms with Gasteiger partial charge in [-0.05, 0) is 40.3 Å². The minimum absolute atomic E-state index is 0.0907. The van der Waals surface area contributed by atoms with E-state index in [0.717, 1.165) is 3.57 Å². The van der Waals surface area contributed by atoms with Gasteiger partial charge < -0.3 is 0 Å². The van der Waals surface area contributed by atoms with Crippen LogP contribution in [0.4, 0.5) is 13.2 Å². The summed E-state index contributed by atoms with van der Waals surface area (Å²) in [6, 6.07) is 6.03. The third kappa shape index (κ3) is 2.62. The van der Waals surface area contributed by atoms with Crippen LogP contribution in [0.5, 0.6) is 0 Å². The summed E-state index contributed by atoms with van der Waals surface area (Å²) in [6.45, 7) is 3.04. The fourth-order valence-corrected chi connectivity index (χ4v) is 1.34. The van der Waals surface area contributed by atoms with Gasteiger partial charge in [-0.1, -0.05) is 18.7 Å². The van der Waals surface area contributed by atoms with Crippen molar-refractivity contribution in [2.75, 3.05) is 0 Å². The molecule has 1 rings (SSSR count). The monoisotopic (exact) mass is 310 g/mol. The van der Waals surface area contributed by atoms with Gasteiger partial charge in [-0.15, -0.1) is 5.73 Å². The number of alkyl halides is 3. The fourth-order valence-electron chi connectivity index (χ4n) is 0.983. The average molecular weight is 310 g/mol.